The van der Waals surface area contributed by atoms with Crippen molar-refractivity contribution < 1.29 is 14.1 Å². The Bertz CT molecular complexity index is 752. The number of hydrogen-bond donors (Lipinski definition) is 0. The first-order valence-corrected chi connectivity index (χ1v) is 10.2. The largest absolute Gasteiger partial charge is 0.465 e. The highest BCUT2D eigenvalue weighted by Gasteiger charge is 2.45. The maximum Gasteiger partial charge on any atom is 0.323 e. The third-order valence-electron chi connectivity index (χ3n) is 4.39. The van der Waals surface area contributed by atoms with E-state index in [-0.39, 0.29) is 26.9 Å². The van der Waals surface area contributed by atoms with E-state index in [9.17, 15) is 9.36 Å². The normalized spacial score (nSPS) is 15.2. The Morgan fingerprint density at radius 1 is 1.28 bits per heavy atom. The zero-order valence-electron chi connectivity index (χ0n) is 15.1. The van der Waals surface area contributed by atoms with E-state index in [0.717, 1.165) is 15.9 Å². The predicted molar refractivity (Wildman–Crippen MR) is 103 cm³/mol. The molecule has 2 atom stereocenters. The molecule has 0 fully saturated rings. The second-order valence-corrected chi connectivity index (χ2v) is 8.61. The second-order valence-electron chi connectivity index (χ2n) is 6.46. The van der Waals surface area contributed by atoms with E-state index in [1.165, 1.54) is 0 Å². The number of hydrogen-bond acceptors (Lipinski definition) is 5. The number of rotatable bonds is 8. The van der Waals surface area contributed by atoms with Crippen molar-refractivity contribution in [3.8, 4) is 0 Å². The highest BCUT2D eigenvalue weighted by molar-refractivity contribution is 7.99. The van der Waals surface area contributed by atoms with Gasteiger partial charge in [0.2, 0.25) is 0 Å². The average Bonchev–Trinajstić information content (AvgIpc) is 2.61. The first-order chi connectivity index (χ1) is 11.9. The number of aromatic nitrogens is 1. The molecule has 0 amide bonds. The van der Waals surface area contributed by atoms with Crippen LogP contribution in [0.1, 0.15) is 27.7 Å². The van der Waals surface area contributed by atoms with Gasteiger partial charge in [-0.1, -0.05) is 38.1 Å². The molecule has 0 N–H and O–H groups in total. The second kappa shape index (κ2) is 8.77. The van der Waals surface area contributed by atoms with Crippen LogP contribution < -0.4 is 0 Å². The van der Waals surface area contributed by atoms with Gasteiger partial charge >= 0.3 is 5.97 Å². The fourth-order valence-electron chi connectivity index (χ4n) is 2.84. The molecule has 134 valence electrons. The quantitative estimate of drug-likeness (QED) is 0.359. The van der Waals surface area contributed by atoms with Gasteiger partial charge in [-0.3, -0.25) is 9.36 Å². The predicted octanol–water partition coefficient (Wildman–Crippen LogP) is 5.21. The van der Waals surface area contributed by atoms with Crippen LogP contribution in [0.5, 0.6) is 0 Å². The van der Waals surface area contributed by atoms with Crippen molar-refractivity contribution in [1.82, 2.24) is 4.98 Å². The van der Waals surface area contributed by atoms with Gasteiger partial charge in [0.05, 0.1) is 17.1 Å². The number of fused-ring (bicyclic) bond motifs is 1. The number of carbonyl (C=O) groups is 1. The monoisotopic (exact) mass is 377 g/mol. The van der Waals surface area contributed by atoms with Crippen LogP contribution in [0.25, 0.3) is 10.9 Å². The number of carbonyl (C=O) groups excluding carboxylic acids is 1. The van der Waals surface area contributed by atoms with E-state index in [2.05, 4.69) is 4.98 Å². The lowest BCUT2D eigenvalue weighted by Crippen LogP contribution is -2.43. The van der Waals surface area contributed by atoms with Crippen LogP contribution >= 0.6 is 20.2 Å². The molecule has 2 unspecified atom stereocenters. The fourth-order valence-corrected chi connectivity index (χ4v) is 5.02. The first-order valence-electron chi connectivity index (χ1n) is 8.42. The third kappa shape index (κ3) is 4.59. The fraction of sp³-hybridized carbons (Fsp3) is 0.474. The lowest BCUT2D eigenvalue weighted by molar-refractivity contribution is -0.147. The lowest BCUT2D eigenvalue weighted by Gasteiger charge is -2.32. The summed E-state index contributed by atoms with van der Waals surface area (Å²) in [6, 6.07) is 12.0. The molecule has 1 heterocycles. The van der Waals surface area contributed by atoms with Crippen molar-refractivity contribution in [3.63, 3.8) is 0 Å². The molecule has 0 aliphatic heterocycles. The van der Waals surface area contributed by atoms with Crippen molar-refractivity contribution in [2.45, 2.75) is 37.9 Å². The SMILES string of the molecule is CCOC(=O)C(C)(P=O)C(CSc1ccc2ccccc2n1)C(C)C. The summed E-state index contributed by atoms with van der Waals surface area (Å²) in [6.07, 6.45) is 0. The number of benzene rings is 1. The first kappa shape index (κ1) is 19.9. The van der Waals surface area contributed by atoms with Crippen molar-refractivity contribution in [2.24, 2.45) is 11.8 Å². The Morgan fingerprint density at radius 3 is 2.64 bits per heavy atom. The smallest absolute Gasteiger partial charge is 0.323 e. The maximum atomic E-state index is 12.4. The van der Waals surface area contributed by atoms with E-state index < -0.39 is 11.1 Å². The highest BCUT2D eigenvalue weighted by Crippen LogP contribution is 2.40. The third-order valence-corrected chi connectivity index (χ3v) is 6.33. The zero-order valence-corrected chi connectivity index (χ0v) is 16.8. The number of para-hydroxylation sites is 1. The van der Waals surface area contributed by atoms with Gasteiger partial charge < -0.3 is 4.74 Å². The van der Waals surface area contributed by atoms with E-state index in [0.29, 0.717) is 5.75 Å². The summed E-state index contributed by atoms with van der Waals surface area (Å²) in [5, 5.41) is 0.952. The van der Waals surface area contributed by atoms with Crippen LogP contribution in [-0.2, 0) is 14.1 Å². The molecule has 0 spiro atoms. The number of esters is 1. The van der Waals surface area contributed by atoms with Gasteiger partial charge in [0.25, 0.3) is 0 Å². The summed E-state index contributed by atoms with van der Waals surface area (Å²) < 4.78 is 17.0. The minimum Gasteiger partial charge on any atom is -0.465 e. The van der Waals surface area contributed by atoms with Crippen LogP contribution in [-0.4, -0.2) is 28.5 Å². The zero-order chi connectivity index (χ0) is 18.4. The highest BCUT2D eigenvalue weighted by atomic mass is 32.2. The lowest BCUT2D eigenvalue weighted by atomic mass is 9.85. The van der Waals surface area contributed by atoms with Crippen molar-refractivity contribution in [2.75, 3.05) is 12.4 Å². The molecule has 2 rings (SSSR count). The molecule has 2 aromatic rings. The Morgan fingerprint density at radius 2 is 2.00 bits per heavy atom. The van der Waals surface area contributed by atoms with Gasteiger partial charge in [0.15, 0.2) is 8.46 Å². The Labute approximate surface area is 155 Å². The Balaban J connectivity index is 2.20. The number of thioether (sulfide) groups is 1. The Hall–Kier alpha value is -1.45. The number of nitrogens with zero attached hydrogens (tertiary/aromatic N) is 1. The van der Waals surface area contributed by atoms with Crippen LogP contribution in [0.2, 0.25) is 0 Å². The van der Waals surface area contributed by atoms with Crippen molar-refractivity contribution in [3.05, 3.63) is 36.4 Å². The molecule has 1 aromatic carbocycles. The standard InChI is InChI=1S/C19H24NO3PS/c1-5-23-18(21)19(4,24-22)15(13(2)3)12-25-17-11-10-14-8-6-7-9-16(14)20-17/h6-11,13,15H,5,12H2,1-4H3. The van der Waals surface area contributed by atoms with E-state index in [1.807, 2.05) is 50.2 Å². The summed E-state index contributed by atoms with van der Waals surface area (Å²) >= 11 is 1.59. The van der Waals surface area contributed by atoms with Gasteiger partial charge in [0, 0.05) is 11.1 Å². The van der Waals surface area contributed by atoms with Gasteiger partial charge in [-0.25, -0.2) is 4.98 Å². The molecule has 0 bridgehead atoms. The van der Waals surface area contributed by atoms with Gasteiger partial charge in [-0.05, 0) is 37.8 Å². The van der Waals surface area contributed by atoms with Gasteiger partial charge in [-0.15, -0.1) is 11.8 Å². The molecule has 6 heteroatoms. The topological polar surface area (TPSA) is 56.3 Å². The maximum absolute atomic E-state index is 12.4. The van der Waals surface area contributed by atoms with Crippen LogP contribution in [0.15, 0.2) is 41.4 Å². The van der Waals surface area contributed by atoms with Crippen LogP contribution in [0, 0.1) is 11.8 Å². The summed E-state index contributed by atoms with van der Waals surface area (Å²) in [7, 11) is -0.203. The summed E-state index contributed by atoms with van der Waals surface area (Å²) in [6.45, 7) is 7.86. The minimum absolute atomic E-state index is 0.0935. The van der Waals surface area contributed by atoms with Gasteiger partial charge in [0.1, 0.15) is 5.16 Å². The van der Waals surface area contributed by atoms with Crippen molar-refractivity contribution in [1.29, 1.82) is 0 Å². The van der Waals surface area contributed by atoms with Crippen molar-refractivity contribution >= 4 is 37.1 Å². The molecule has 0 aliphatic carbocycles. The average molecular weight is 377 g/mol. The summed E-state index contributed by atoms with van der Waals surface area (Å²) in [4.78, 5) is 17.0. The molecule has 4 nitrogen and oxygen atoms in total. The molecule has 0 radical (unpaired) electrons. The summed E-state index contributed by atoms with van der Waals surface area (Å²) in [5.41, 5.74) is 0.948. The molecule has 25 heavy (non-hydrogen) atoms. The molecule has 0 saturated heterocycles. The molecule has 0 aliphatic rings. The molecular weight excluding hydrogens is 353 g/mol. The summed E-state index contributed by atoms with van der Waals surface area (Å²) in [5.74, 6) is 0.332. The molecular formula is C19H24NO3PS. The Kier molecular flexibility index (Phi) is 6.97. The number of ether oxygens (including phenoxy) is 1. The van der Waals surface area contributed by atoms with E-state index in [4.69, 9.17) is 4.74 Å². The van der Waals surface area contributed by atoms with Gasteiger partial charge in [-0.2, -0.15) is 0 Å². The molecule has 0 saturated carbocycles. The molecule has 1 aromatic heterocycles. The van der Waals surface area contributed by atoms with E-state index in [1.54, 1.807) is 25.6 Å². The van der Waals surface area contributed by atoms with Crippen LogP contribution in [0.4, 0.5) is 0 Å². The minimum atomic E-state index is -1.05. The van der Waals surface area contributed by atoms with Crippen LogP contribution in [0.3, 0.4) is 0 Å². The van der Waals surface area contributed by atoms with E-state index >= 15 is 0 Å². The number of pyridine rings is 1.